The van der Waals surface area contributed by atoms with Crippen LogP contribution >= 0.6 is 0 Å². The number of pyridine rings is 5. The lowest BCUT2D eigenvalue weighted by molar-refractivity contribution is 0.668. The molecule has 29 nitrogen and oxygen atoms in total. The van der Waals surface area contributed by atoms with E-state index in [0.717, 1.165) is 299 Å². The maximum Gasteiger partial charge on any atom is 0.215 e. The number of furan rings is 6. The van der Waals surface area contributed by atoms with Gasteiger partial charge in [0.1, 0.15) is 66.5 Å². The first-order chi connectivity index (χ1) is 70.9. The van der Waals surface area contributed by atoms with Crippen molar-refractivity contribution < 1.29 is 26.5 Å². The molecule has 36 aromatic rings. The zero-order valence-electron chi connectivity index (χ0n) is 77.5. The van der Waals surface area contributed by atoms with Crippen LogP contribution in [0, 0.1) is 0 Å². The number of benzene rings is 13. The van der Waals surface area contributed by atoms with E-state index in [0.29, 0.717) is 0 Å². The largest absolute Gasteiger partial charge is 0.454 e. The molecule has 36 rings (SSSR count). The van der Waals surface area contributed by atoms with Crippen LogP contribution in [0.15, 0.2) is 361 Å². The number of aromatic nitrogens is 23. The summed E-state index contributed by atoms with van der Waals surface area (Å²) in [7, 11) is 12.3. The smallest absolute Gasteiger partial charge is 0.215 e. The van der Waals surface area contributed by atoms with Gasteiger partial charge in [0.15, 0.2) is 39.1 Å². The number of para-hydroxylation sites is 13. The number of nitrogens with zero attached hydrogens (tertiary/aromatic N) is 23. The van der Waals surface area contributed by atoms with Gasteiger partial charge in [-0.15, -0.1) is 0 Å². The minimum atomic E-state index is 0.807. The summed E-state index contributed by atoms with van der Waals surface area (Å²) in [5, 5.41) is 7.47. The Bertz CT molecular complexity index is 11800. The molecular formula is C115H73N23O6. The number of hydrogen-bond donors (Lipinski definition) is 0. The summed E-state index contributed by atoms with van der Waals surface area (Å²) >= 11 is 0. The lowest BCUT2D eigenvalue weighted by Crippen LogP contribution is -1.89. The Morgan fingerprint density at radius 1 is 0.174 bits per heavy atom. The second kappa shape index (κ2) is 29.3. The molecule has 0 atom stereocenters. The van der Waals surface area contributed by atoms with Gasteiger partial charge >= 0.3 is 0 Å². The third-order valence-corrected chi connectivity index (χ3v) is 28.8. The Labute approximate surface area is 806 Å². The molecule has 0 aliphatic rings. The Morgan fingerprint density at radius 2 is 0.472 bits per heavy atom. The van der Waals surface area contributed by atoms with Crippen molar-refractivity contribution in [2.24, 2.45) is 42.3 Å². The van der Waals surface area contributed by atoms with Gasteiger partial charge in [0.2, 0.25) is 34.7 Å². The summed E-state index contributed by atoms with van der Waals surface area (Å²) < 4.78 is 62.2. The lowest BCUT2D eigenvalue weighted by Gasteiger charge is -1.98. The molecule has 0 fully saturated rings. The molecule has 0 amide bonds. The van der Waals surface area contributed by atoms with Crippen molar-refractivity contribution in [2.75, 3.05) is 0 Å². The fourth-order valence-corrected chi connectivity index (χ4v) is 22.3. The van der Waals surface area contributed by atoms with E-state index in [4.69, 9.17) is 56.4 Å². The molecule has 13 aromatic carbocycles. The van der Waals surface area contributed by atoms with Gasteiger partial charge in [-0.3, -0.25) is 51.3 Å². The summed E-state index contributed by atoms with van der Waals surface area (Å²) in [5.74, 6) is 5.53. The highest BCUT2D eigenvalue weighted by Gasteiger charge is 2.28. The van der Waals surface area contributed by atoms with Crippen molar-refractivity contribution in [1.82, 2.24) is 109 Å². The van der Waals surface area contributed by atoms with Crippen molar-refractivity contribution in [3.05, 3.63) is 334 Å². The second-order valence-electron chi connectivity index (χ2n) is 36.5. The normalized spacial score (nSPS) is 12.4. The third-order valence-electron chi connectivity index (χ3n) is 28.8. The average Bonchev–Trinajstić information content (AvgIpc) is 1.56. The Balaban J connectivity index is 0.0000000788. The molecule has 0 radical (unpaired) electrons. The first-order valence-corrected chi connectivity index (χ1v) is 47.2. The van der Waals surface area contributed by atoms with E-state index in [1.807, 2.05) is 236 Å². The van der Waals surface area contributed by atoms with Gasteiger partial charge in [0.25, 0.3) is 0 Å². The molecule has 0 aliphatic carbocycles. The van der Waals surface area contributed by atoms with Crippen LogP contribution in [0.2, 0.25) is 0 Å². The molecule has 684 valence electrons. The molecular weight excluding hydrogens is 1800 g/mol. The summed E-state index contributed by atoms with van der Waals surface area (Å²) in [6.45, 7) is 0. The van der Waals surface area contributed by atoms with Crippen LogP contribution in [0.3, 0.4) is 0 Å². The van der Waals surface area contributed by atoms with Gasteiger partial charge in [0.05, 0.1) is 132 Å². The number of aryl methyl sites for hydroxylation is 6. The van der Waals surface area contributed by atoms with E-state index in [-0.39, 0.29) is 0 Å². The van der Waals surface area contributed by atoms with Gasteiger partial charge in [-0.1, -0.05) is 91.0 Å². The van der Waals surface area contributed by atoms with Gasteiger partial charge in [-0.25, -0.2) is 29.9 Å². The maximum absolute atomic E-state index is 6.24. The van der Waals surface area contributed by atoms with Crippen molar-refractivity contribution >= 4 is 299 Å². The fraction of sp³-hybridized carbons (Fsp3) is 0.0522. The number of rotatable bonds is 0. The highest BCUT2D eigenvalue weighted by molar-refractivity contribution is 6.21. The molecule has 0 saturated heterocycles. The van der Waals surface area contributed by atoms with Crippen LogP contribution in [-0.2, 0) is 42.3 Å². The van der Waals surface area contributed by atoms with Gasteiger partial charge in [-0.05, 0) is 200 Å². The van der Waals surface area contributed by atoms with E-state index in [2.05, 4.69) is 195 Å². The number of hydrogen-bond acceptors (Lipinski definition) is 17. The van der Waals surface area contributed by atoms with E-state index < -0.39 is 0 Å². The van der Waals surface area contributed by atoms with Crippen LogP contribution in [-0.4, -0.2) is 109 Å². The van der Waals surface area contributed by atoms with Crippen molar-refractivity contribution in [2.45, 2.75) is 0 Å². The zero-order valence-corrected chi connectivity index (χ0v) is 77.5. The Hall–Kier alpha value is -20.0. The monoisotopic (exact) mass is 1870 g/mol. The highest BCUT2D eigenvalue weighted by Crippen LogP contribution is 2.44. The lowest BCUT2D eigenvalue weighted by atomic mass is 10.1. The van der Waals surface area contributed by atoms with Crippen LogP contribution in [0.5, 0.6) is 0 Å². The predicted molar refractivity (Wildman–Crippen MR) is 568 cm³/mol. The van der Waals surface area contributed by atoms with Gasteiger partial charge in [0, 0.05) is 112 Å². The van der Waals surface area contributed by atoms with E-state index in [9.17, 15) is 0 Å². The summed E-state index contributed by atoms with van der Waals surface area (Å²) in [6, 6.07) is 102. The summed E-state index contributed by atoms with van der Waals surface area (Å²) in [6.07, 6.45) is 9.01. The van der Waals surface area contributed by atoms with Crippen LogP contribution in [0.1, 0.15) is 0 Å². The topological polar surface area (TPSA) is 277 Å². The Morgan fingerprint density at radius 3 is 0.972 bits per heavy atom. The molecule has 29 heteroatoms. The number of imidazole rings is 12. The molecule has 144 heavy (non-hydrogen) atoms. The van der Waals surface area contributed by atoms with Gasteiger partial charge < -0.3 is 53.9 Å². The van der Waals surface area contributed by atoms with E-state index in [1.165, 1.54) is 0 Å². The summed E-state index contributed by atoms with van der Waals surface area (Å²) in [5.41, 5.74) is 40.4. The molecule has 0 spiro atoms. The van der Waals surface area contributed by atoms with Crippen molar-refractivity contribution in [3.63, 3.8) is 0 Å². The quantitative estimate of drug-likeness (QED) is 0.136. The van der Waals surface area contributed by atoms with E-state index >= 15 is 0 Å². The minimum absolute atomic E-state index is 0.807. The highest BCUT2D eigenvalue weighted by atomic mass is 16.4. The molecule has 0 saturated carbocycles. The van der Waals surface area contributed by atoms with Crippen molar-refractivity contribution in [3.8, 4) is 0 Å². The van der Waals surface area contributed by atoms with Crippen LogP contribution < -0.4 is 0 Å². The van der Waals surface area contributed by atoms with Crippen molar-refractivity contribution in [1.29, 1.82) is 0 Å². The van der Waals surface area contributed by atoms with Gasteiger partial charge in [-0.2, -0.15) is 0 Å². The van der Waals surface area contributed by atoms with Crippen LogP contribution in [0.25, 0.3) is 299 Å². The first-order valence-electron chi connectivity index (χ1n) is 47.2. The summed E-state index contributed by atoms with van der Waals surface area (Å²) in [4.78, 5) is 51.2. The molecule has 0 aliphatic heterocycles. The molecule has 23 aromatic heterocycles. The molecule has 23 heterocycles. The minimum Gasteiger partial charge on any atom is -0.454 e. The third kappa shape index (κ3) is 11.0. The zero-order chi connectivity index (χ0) is 95.0. The predicted octanol–water partition coefficient (Wildman–Crippen LogP) is 26.2. The maximum atomic E-state index is 6.24. The molecule has 0 N–H and O–H groups in total. The molecule has 0 unspecified atom stereocenters. The second-order valence-corrected chi connectivity index (χ2v) is 36.5. The fourth-order valence-electron chi connectivity index (χ4n) is 22.3. The average molecular weight is 1870 g/mol. The number of fused-ring (bicyclic) bond motifs is 52. The molecule has 0 bridgehead atoms. The SMILES string of the molecule is Cn1c2c3c(ccc2n2c4ccccc4nc12)oc1cccnc13.Cn1c2c3oc4cccnc4c3ccc2n2c3ccccc3nc12.Cn1c2cc3c(cc2n2c4ccccc4nc12)oc1cccnc13.Cn1c2cc3oc4cccnc4c3cc2n2c3ccccc3nc12.Cn1c2ccc3c4ccccc4oc3c2n2c3ccccc3nc12.Cn1c2ccc3oc4cccnc4c3c2n2c3ccccc3nc12. The standard InChI is InChI=1S/C20H13N3O.5C19H12N4O/c1-22-16-11-10-13-12-6-2-5-9-17(12)24-19(13)18(16)23-15-8-4-3-7-14(15)21-20(22)23;1-22-17-14(23-13-6-3-2-5-12(13)21-19(22)23)9-8-11-16-15(24-18(11)17)7-4-10-20-16;1-22-18-13(23-12-6-3-2-5-11(12)21-19(22)23)8-9-14-16(18)17-15(24-14)7-4-10-20-17;1-22-13-8-9-14-16(17-15(24-14)7-4-10-20-17)18(13)23-12-6-3-2-5-11(12)21-19(22)23;1-22-14-10-17-11(18-16(24-17)7-4-8-20-18)9-15(14)23-13-6-3-2-5-12(13)21-19(22)23;1-22-14-9-11-17(24-16-7-4-8-20-18(11)16)10-15(14)23-13-6-3-2-5-12(13)21-19(22)23/h2-11H,1H3;5*2-10H,1H3. The van der Waals surface area contributed by atoms with E-state index in [1.54, 1.807) is 24.8 Å². The van der Waals surface area contributed by atoms with Crippen LogP contribution in [0.4, 0.5) is 0 Å². The first kappa shape index (κ1) is 79.1. The Kier molecular flexibility index (Phi) is 16.1.